The molecular weight excluding hydrogens is 358 g/mol. The lowest BCUT2D eigenvalue weighted by Gasteiger charge is -2.09. The van der Waals surface area contributed by atoms with Crippen LogP contribution in [0.3, 0.4) is 0 Å². The molecular formula is C18H18ClN3O4. The van der Waals surface area contributed by atoms with Crippen LogP contribution in [0.15, 0.2) is 41.5 Å². The summed E-state index contributed by atoms with van der Waals surface area (Å²) in [6.45, 7) is 5.21. The highest BCUT2D eigenvalue weighted by atomic mass is 35.5. The molecule has 0 aliphatic rings. The third kappa shape index (κ3) is 5.03. The minimum atomic E-state index is -0.477. The molecule has 0 fully saturated rings. The van der Waals surface area contributed by atoms with Gasteiger partial charge in [0.05, 0.1) is 10.6 Å². The van der Waals surface area contributed by atoms with E-state index in [1.165, 1.54) is 12.1 Å². The van der Waals surface area contributed by atoms with Crippen molar-refractivity contribution in [2.24, 2.45) is 5.10 Å². The quantitative estimate of drug-likeness (QED) is 0.472. The highest BCUT2D eigenvalue weighted by molar-refractivity contribution is 6.32. The number of halogens is 1. The van der Waals surface area contributed by atoms with Gasteiger partial charge in [-0.2, -0.15) is 5.10 Å². The Hall–Kier alpha value is -2.93. The number of carbonyl (C=O) groups is 1. The third-order valence-electron chi connectivity index (χ3n) is 3.62. The molecule has 0 aliphatic carbocycles. The number of benzene rings is 2. The van der Waals surface area contributed by atoms with Crippen molar-refractivity contribution in [3.63, 3.8) is 0 Å². The van der Waals surface area contributed by atoms with Crippen LogP contribution in [0.1, 0.15) is 23.6 Å². The van der Waals surface area contributed by atoms with Gasteiger partial charge in [-0.05, 0) is 61.7 Å². The van der Waals surface area contributed by atoms with Crippen molar-refractivity contribution in [1.82, 2.24) is 5.43 Å². The Morgan fingerprint density at radius 1 is 1.23 bits per heavy atom. The summed E-state index contributed by atoms with van der Waals surface area (Å²) in [6.07, 6.45) is 0. The fourth-order valence-corrected chi connectivity index (χ4v) is 2.31. The summed E-state index contributed by atoms with van der Waals surface area (Å²) in [7, 11) is 0. The number of hydrogen-bond donors (Lipinski definition) is 1. The van der Waals surface area contributed by atoms with E-state index in [0.29, 0.717) is 22.0 Å². The van der Waals surface area contributed by atoms with Crippen molar-refractivity contribution in [3.05, 3.63) is 68.2 Å². The molecule has 1 N–H and O–H groups in total. The average Bonchev–Trinajstić information content (AvgIpc) is 2.62. The van der Waals surface area contributed by atoms with E-state index in [2.05, 4.69) is 10.5 Å². The molecule has 7 nitrogen and oxygen atoms in total. The Morgan fingerprint density at radius 3 is 2.35 bits per heavy atom. The highest BCUT2D eigenvalue weighted by Crippen LogP contribution is 2.25. The number of nitro benzene ring substituents is 1. The molecule has 0 radical (unpaired) electrons. The first-order chi connectivity index (χ1) is 12.3. The second kappa shape index (κ2) is 8.44. The van der Waals surface area contributed by atoms with E-state index in [4.69, 9.17) is 16.3 Å². The molecule has 0 unspecified atom stereocenters. The summed E-state index contributed by atoms with van der Waals surface area (Å²) < 4.78 is 5.45. The van der Waals surface area contributed by atoms with Crippen LogP contribution in [-0.2, 0) is 4.79 Å². The maximum atomic E-state index is 11.9. The number of nitrogens with zero attached hydrogens (tertiary/aromatic N) is 2. The molecule has 0 saturated heterocycles. The van der Waals surface area contributed by atoms with E-state index in [0.717, 1.165) is 11.1 Å². The molecule has 0 atom stereocenters. The van der Waals surface area contributed by atoms with E-state index in [9.17, 15) is 14.9 Å². The normalized spacial score (nSPS) is 11.2. The van der Waals surface area contributed by atoms with Crippen molar-refractivity contribution in [3.8, 4) is 5.75 Å². The largest absolute Gasteiger partial charge is 0.484 e. The Labute approximate surface area is 155 Å². The number of amides is 1. The lowest BCUT2D eigenvalue weighted by molar-refractivity contribution is -0.384. The van der Waals surface area contributed by atoms with Crippen molar-refractivity contribution in [2.75, 3.05) is 6.61 Å². The van der Waals surface area contributed by atoms with Gasteiger partial charge in [-0.25, -0.2) is 5.43 Å². The topological polar surface area (TPSA) is 93.8 Å². The van der Waals surface area contributed by atoms with Gasteiger partial charge in [-0.15, -0.1) is 0 Å². The Bertz CT molecular complexity index is 840. The van der Waals surface area contributed by atoms with E-state index in [1.54, 1.807) is 31.2 Å². The van der Waals surface area contributed by atoms with E-state index < -0.39 is 10.8 Å². The van der Waals surface area contributed by atoms with Gasteiger partial charge in [-0.1, -0.05) is 11.6 Å². The molecule has 2 rings (SSSR count). The molecule has 2 aromatic carbocycles. The maximum Gasteiger partial charge on any atom is 0.277 e. The summed E-state index contributed by atoms with van der Waals surface area (Å²) in [5, 5.41) is 15.3. The van der Waals surface area contributed by atoms with E-state index >= 15 is 0 Å². The first-order valence-electron chi connectivity index (χ1n) is 7.75. The Balaban J connectivity index is 1.93. The van der Waals surface area contributed by atoms with E-state index in [-0.39, 0.29) is 12.3 Å². The number of carbonyl (C=O) groups excluding carboxylic acids is 1. The van der Waals surface area contributed by atoms with Gasteiger partial charge in [0, 0.05) is 17.2 Å². The third-order valence-corrected chi connectivity index (χ3v) is 4.22. The number of nitro groups is 1. The van der Waals surface area contributed by atoms with Crippen LogP contribution in [0.25, 0.3) is 0 Å². The first-order valence-corrected chi connectivity index (χ1v) is 8.13. The van der Waals surface area contributed by atoms with Gasteiger partial charge >= 0.3 is 0 Å². The van der Waals surface area contributed by atoms with Crippen molar-refractivity contribution in [2.45, 2.75) is 20.8 Å². The Kier molecular flexibility index (Phi) is 6.30. The van der Waals surface area contributed by atoms with Crippen LogP contribution < -0.4 is 10.2 Å². The lowest BCUT2D eigenvalue weighted by atomic mass is 10.1. The van der Waals surface area contributed by atoms with Crippen molar-refractivity contribution >= 4 is 28.9 Å². The minimum Gasteiger partial charge on any atom is -0.484 e. The number of non-ortho nitro benzene ring substituents is 1. The summed E-state index contributed by atoms with van der Waals surface area (Å²) in [5.74, 6) is 0.132. The maximum absolute atomic E-state index is 11.9. The number of rotatable bonds is 6. The van der Waals surface area contributed by atoms with Crippen molar-refractivity contribution in [1.29, 1.82) is 0 Å². The number of ether oxygens (including phenoxy) is 1. The monoisotopic (exact) mass is 375 g/mol. The van der Waals surface area contributed by atoms with Gasteiger partial charge in [0.25, 0.3) is 11.6 Å². The average molecular weight is 376 g/mol. The van der Waals surface area contributed by atoms with Crippen LogP contribution in [0.2, 0.25) is 5.02 Å². The van der Waals surface area contributed by atoms with Crippen LogP contribution in [0.4, 0.5) is 5.69 Å². The van der Waals surface area contributed by atoms with Crippen molar-refractivity contribution < 1.29 is 14.5 Å². The molecule has 0 aliphatic heterocycles. The van der Waals surface area contributed by atoms with Crippen LogP contribution in [0, 0.1) is 24.0 Å². The summed E-state index contributed by atoms with van der Waals surface area (Å²) in [4.78, 5) is 22.0. The SMILES string of the molecule is C/C(=N\NC(=O)COc1cc(C)c(Cl)c(C)c1)c1ccc([N+](=O)[O-])cc1. The lowest BCUT2D eigenvalue weighted by Crippen LogP contribution is -2.25. The first kappa shape index (κ1) is 19.4. The predicted molar refractivity (Wildman–Crippen MR) is 99.9 cm³/mol. The molecule has 8 heteroatoms. The molecule has 1 amide bonds. The van der Waals surface area contributed by atoms with Gasteiger partial charge in [0.15, 0.2) is 6.61 Å². The standard InChI is InChI=1S/C18H18ClN3O4/c1-11-8-16(9-12(2)18(11)19)26-10-17(23)21-20-13(3)14-4-6-15(7-5-14)22(24)25/h4-9H,10H2,1-3H3,(H,21,23)/b20-13+. The molecule has 0 bridgehead atoms. The van der Waals surface area contributed by atoms with Crippen LogP contribution in [-0.4, -0.2) is 23.1 Å². The zero-order valence-electron chi connectivity index (χ0n) is 14.6. The fourth-order valence-electron chi connectivity index (χ4n) is 2.21. The van der Waals surface area contributed by atoms with Gasteiger partial charge in [0.1, 0.15) is 5.75 Å². The number of hydrogen-bond acceptors (Lipinski definition) is 5. The van der Waals surface area contributed by atoms with E-state index in [1.807, 2.05) is 13.8 Å². The van der Waals surface area contributed by atoms with Gasteiger partial charge < -0.3 is 4.74 Å². The zero-order valence-corrected chi connectivity index (χ0v) is 15.3. The fraction of sp³-hybridized carbons (Fsp3) is 0.222. The number of hydrazone groups is 1. The second-order valence-electron chi connectivity index (χ2n) is 5.70. The van der Waals surface area contributed by atoms with Gasteiger partial charge in [-0.3, -0.25) is 14.9 Å². The smallest absolute Gasteiger partial charge is 0.277 e. The second-order valence-corrected chi connectivity index (χ2v) is 6.07. The predicted octanol–water partition coefficient (Wildman–Crippen LogP) is 3.78. The summed E-state index contributed by atoms with van der Waals surface area (Å²) in [6, 6.07) is 9.41. The molecule has 0 heterocycles. The molecule has 0 aromatic heterocycles. The summed E-state index contributed by atoms with van der Waals surface area (Å²) in [5.41, 5.74) is 5.31. The molecule has 26 heavy (non-hydrogen) atoms. The highest BCUT2D eigenvalue weighted by Gasteiger charge is 2.08. The number of nitrogens with one attached hydrogen (secondary N) is 1. The molecule has 136 valence electrons. The number of aryl methyl sites for hydroxylation is 2. The Morgan fingerprint density at radius 2 is 1.81 bits per heavy atom. The molecule has 0 spiro atoms. The van der Waals surface area contributed by atoms with Crippen LogP contribution >= 0.6 is 11.6 Å². The summed E-state index contributed by atoms with van der Waals surface area (Å²) >= 11 is 6.09. The van der Waals surface area contributed by atoms with Crippen LogP contribution in [0.5, 0.6) is 5.75 Å². The minimum absolute atomic E-state index is 0.00691. The van der Waals surface area contributed by atoms with Gasteiger partial charge in [0.2, 0.25) is 0 Å². The molecule has 2 aromatic rings. The zero-order chi connectivity index (χ0) is 19.3. The molecule has 0 saturated carbocycles.